The molecule has 0 spiro atoms. The average molecular weight is 794 g/mol. The fourth-order valence-corrected chi connectivity index (χ4v) is 9.80. The molecule has 0 fully saturated rings. The molecule has 0 aliphatic rings. The number of hydrogen-bond donors (Lipinski definition) is 0. The Hall–Kier alpha value is -8.48. The molecular formula is C56H35N5O. The van der Waals surface area contributed by atoms with Crippen LogP contribution in [0.1, 0.15) is 0 Å². The van der Waals surface area contributed by atoms with Gasteiger partial charge in [-0.2, -0.15) is 0 Å². The SMILES string of the molecule is c1ccc(-c2nnc(-c3cccc4c3c3ccccc3n4-c3cccc(-c4ccccc4-n4c5ccccc5c5c6c(ccc54)oc4ccccc46)c3)n2-c2ccccc2)cc1. The maximum atomic E-state index is 6.39. The van der Waals surface area contributed by atoms with E-state index in [1.165, 1.54) is 10.8 Å². The van der Waals surface area contributed by atoms with E-state index in [1.807, 2.05) is 30.3 Å². The summed E-state index contributed by atoms with van der Waals surface area (Å²) in [5.41, 5.74) is 13.8. The number of fused-ring (bicyclic) bond motifs is 10. The normalized spacial score (nSPS) is 11.9. The van der Waals surface area contributed by atoms with Crippen molar-refractivity contribution >= 4 is 65.6 Å². The first kappa shape index (κ1) is 34.4. The van der Waals surface area contributed by atoms with Gasteiger partial charge in [0.15, 0.2) is 11.6 Å². The van der Waals surface area contributed by atoms with Gasteiger partial charge in [-0.1, -0.05) is 146 Å². The molecule has 0 radical (unpaired) electrons. The molecule has 4 heterocycles. The molecule has 6 heteroatoms. The Morgan fingerprint density at radius 1 is 0.323 bits per heavy atom. The van der Waals surface area contributed by atoms with E-state index in [1.54, 1.807) is 0 Å². The molecule has 0 atom stereocenters. The number of nitrogens with zero attached hydrogens (tertiary/aromatic N) is 5. The molecule has 0 aliphatic heterocycles. The lowest BCUT2D eigenvalue weighted by atomic mass is 10.0. The van der Waals surface area contributed by atoms with Crippen LogP contribution in [0.5, 0.6) is 0 Å². The average Bonchev–Trinajstić information content (AvgIpc) is 4.12. The van der Waals surface area contributed by atoms with Crippen LogP contribution < -0.4 is 0 Å². The van der Waals surface area contributed by atoms with Crippen LogP contribution in [-0.4, -0.2) is 23.9 Å². The Balaban J connectivity index is 1.02. The lowest BCUT2D eigenvalue weighted by Gasteiger charge is -2.16. The highest BCUT2D eigenvalue weighted by Crippen LogP contribution is 2.44. The number of hydrogen-bond acceptors (Lipinski definition) is 3. The third-order valence-electron chi connectivity index (χ3n) is 12.4. The molecule has 13 rings (SSSR count). The standard InChI is InChI=1S/C56H35N5O/c1-3-17-36(18-4-1)55-57-58-56(60(55)38-20-5-2-6-21-38)44-27-16-31-48-52(44)41-24-8-12-29-46(41)59(48)39-22-15-19-37(35-39)40-23-7-11-28-45(40)61-47-30-13-9-25-42(47)53-49(61)33-34-51-54(53)43-26-10-14-32-50(43)62-51/h1-35H. The topological polar surface area (TPSA) is 53.7 Å². The highest BCUT2D eigenvalue weighted by atomic mass is 16.3. The Morgan fingerprint density at radius 2 is 0.903 bits per heavy atom. The van der Waals surface area contributed by atoms with Gasteiger partial charge in [-0.3, -0.25) is 4.57 Å². The number of aromatic nitrogens is 5. The molecule has 0 bridgehead atoms. The minimum Gasteiger partial charge on any atom is -0.456 e. The lowest BCUT2D eigenvalue weighted by molar-refractivity contribution is 0.669. The van der Waals surface area contributed by atoms with E-state index < -0.39 is 0 Å². The fourth-order valence-electron chi connectivity index (χ4n) is 9.80. The molecule has 0 unspecified atom stereocenters. The summed E-state index contributed by atoms with van der Waals surface area (Å²) in [4.78, 5) is 0. The van der Waals surface area contributed by atoms with Gasteiger partial charge in [0.1, 0.15) is 11.2 Å². The number of para-hydroxylation sites is 5. The van der Waals surface area contributed by atoms with E-state index in [0.29, 0.717) is 0 Å². The smallest absolute Gasteiger partial charge is 0.169 e. The largest absolute Gasteiger partial charge is 0.456 e. The Bertz CT molecular complexity index is 3870. The first-order chi connectivity index (χ1) is 30.8. The monoisotopic (exact) mass is 793 g/mol. The molecule has 0 N–H and O–H groups in total. The van der Waals surface area contributed by atoms with Crippen LogP contribution in [-0.2, 0) is 0 Å². The minimum atomic E-state index is 0.790. The first-order valence-corrected chi connectivity index (χ1v) is 20.9. The zero-order valence-corrected chi connectivity index (χ0v) is 33.4. The van der Waals surface area contributed by atoms with E-state index >= 15 is 0 Å². The van der Waals surface area contributed by atoms with Crippen molar-refractivity contribution in [3.05, 3.63) is 212 Å². The van der Waals surface area contributed by atoms with Gasteiger partial charge in [-0.05, 0) is 72.3 Å². The van der Waals surface area contributed by atoms with Gasteiger partial charge in [0.25, 0.3) is 0 Å². The Morgan fingerprint density at radius 3 is 1.74 bits per heavy atom. The second kappa shape index (κ2) is 13.5. The van der Waals surface area contributed by atoms with Crippen molar-refractivity contribution in [2.45, 2.75) is 0 Å². The molecule has 9 aromatic carbocycles. The molecule has 4 aromatic heterocycles. The van der Waals surface area contributed by atoms with Crippen LogP contribution in [0.25, 0.3) is 117 Å². The molecule has 0 saturated heterocycles. The maximum Gasteiger partial charge on any atom is 0.169 e. The number of rotatable bonds is 6. The molecule has 290 valence electrons. The molecule has 62 heavy (non-hydrogen) atoms. The predicted octanol–water partition coefficient (Wildman–Crippen LogP) is 14.4. The quantitative estimate of drug-likeness (QED) is 0.168. The molecule has 0 saturated carbocycles. The highest BCUT2D eigenvalue weighted by Gasteiger charge is 2.24. The molecule has 13 aromatic rings. The summed E-state index contributed by atoms with van der Waals surface area (Å²) in [6.45, 7) is 0. The molecular weight excluding hydrogens is 759 g/mol. The minimum absolute atomic E-state index is 0.790. The summed E-state index contributed by atoms with van der Waals surface area (Å²) in [5.74, 6) is 1.59. The predicted molar refractivity (Wildman–Crippen MR) is 254 cm³/mol. The van der Waals surface area contributed by atoms with E-state index in [9.17, 15) is 0 Å². The summed E-state index contributed by atoms with van der Waals surface area (Å²) in [6, 6.07) is 75.0. The van der Waals surface area contributed by atoms with Crippen LogP contribution in [0.2, 0.25) is 0 Å². The third kappa shape index (κ3) is 5.04. The summed E-state index contributed by atoms with van der Waals surface area (Å²) < 4.78 is 13.4. The van der Waals surface area contributed by atoms with Crippen molar-refractivity contribution in [3.8, 4) is 51.0 Å². The van der Waals surface area contributed by atoms with E-state index in [0.717, 1.165) is 106 Å². The van der Waals surface area contributed by atoms with Crippen molar-refractivity contribution in [1.82, 2.24) is 23.9 Å². The van der Waals surface area contributed by atoms with Crippen molar-refractivity contribution in [1.29, 1.82) is 0 Å². The van der Waals surface area contributed by atoms with Gasteiger partial charge in [-0.15, -0.1) is 10.2 Å². The second-order valence-electron chi connectivity index (χ2n) is 15.8. The summed E-state index contributed by atoms with van der Waals surface area (Å²) in [6.07, 6.45) is 0. The number of furan rings is 1. The van der Waals surface area contributed by atoms with Gasteiger partial charge in [0.2, 0.25) is 0 Å². The van der Waals surface area contributed by atoms with Gasteiger partial charge in [0.05, 0.1) is 27.8 Å². The van der Waals surface area contributed by atoms with Gasteiger partial charge >= 0.3 is 0 Å². The third-order valence-corrected chi connectivity index (χ3v) is 12.4. The Labute approximate surface area is 355 Å². The van der Waals surface area contributed by atoms with E-state index in [-0.39, 0.29) is 0 Å². The van der Waals surface area contributed by atoms with Crippen LogP contribution in [0.4, 0.5) is 0 Å². The molecule has 0 amide bonds. The summed E-state index contributed by atoms with van der Waals surface area (Å²) >= 11 is 0. The Kier molecular flexibility index (Phi) is 7.50. The molecule has 6 nitrogen and oxygen atoms in total. The second-order valence-corrected chi connectivity index (χ2v) is 15.8. The first-order valence-electron chi connectivity index (χ1n) is 20.9. The zero-order chi connectivity index (χ0) is 40.7. The van der Waals surface area contributed by atoms with Crippen molar-refractivity contribution < 1.29 is 4.42 Å². The van der Waals surface area contributed by atoms with Crippen LogP contribution in [0.3, 0.4) is 0 Å². The van der Waals surface area contributed by atoms with Crippen LogP contribution in [0.15, 0.2) is 217 Å². The molecule has 0 aliphatic carbocycles. The summed E-state index contributed by atoms with van der Waals surface area (Å²) in [7, 11) is 0. The van der Waals surface area contributed by atoms with E-state index in [4.69, 9.17) is 14.6 Å². The van der Waals surface area contributed by atoms with Gasteiger partial charge in [-0.25, -0.2) is 0 Å². The maximum absolute atomic E-state index is 6.39. The zero-order valence-electron chi connectivity index (χ0n) is 33.4. The lowest BCUT2D eigenvalue weighted by Crippen LogP contribution is -2.00. The van der Waals surface area contributed by atoms with Crippen LogP contribution >= 0.6 is 0 Å². The van der Waals surface area contributed by atoms with Crippen LogP contribution in [0, 0.1) is 0 Å². The van der Waals surface area contributed by atoms with Gasteiger partial charge in [0, 0.05) is 60.4 Å². The van der Waals surface area contributed by atoms with Crippen molar-refractivity contribution in [2.24, 2.45) is 0 Å². The number of benzene rings is 9. The highest BCUT2D eigenvalue weighted by molar-refractivity contribution is 6.27. The van der Waals surface area contributed by atoms with E-state index in [2.05, 4.69) is 196 Å². The fraction of sp³-hybridized carbons (Fsp3) is 0. The van der Waals surface area contributed by atoms with Crippen molar-refractivity contribution in [3.63, 3.8) is 0 Å². The van der Waals surface area contributed by atoms with Gasteiger partial charge < -0.3 is 13.6 Å². The van der Waals surface area contributed by atoms with Crippen molar-refractivity contribution in [2.75, 3.05) is 0 Å². The summed E-state index contributed by atoms with van der Waals surface area (Å²) in [5, 5.41) is 16.7.